The van der Waals surface area contributed by atoms with Crippen LogP contribution in [0.2, 0.25) is 0 Å². The average Bonchev–Trinajstić information content (AvgIpc) is 2.90. The van der Waals surface area contributed by atoms with Gasteiger partial charge in [0.1, 0.15) is 11.1 Å². The minimum Gasteiger partial charge on any atom is -0.478 e. The molecule has 0 aliphatic heterocycles. The molecule has 0 heterocycles. The van der Waals surface area contributed by atoms with E-state index in [1.165, 1.54) is 0 Å². The Hall–Kier alpha value is -3.47. The van der Waals surface area contributed by atoms with Crippen molar-refractivity contribution in [3.63, 3.8) is 0 Å². The summed E-state index contributed by atoms with van der Waals surface area (Å²) in [5, 5.41) is 19.0. The average molecular weight is 320 g/mol. The number of Topliss-reactive ketones (excluding diaryl/α,β-unsaturated/α-hetero) is 1. The smallest absolute Gasteiger partial charge is 0.340 e. The van der Waals surface area contributed by atoms with Crippen LogP contribution in [0.15, 0.2) is 71.8 Å². The van der Waals surface area contributed by atoms with Crippen molar-refractivity contribution in [1.82, 2.24) is 0 Å². The van der Waals surface area contributed by atoms with Gasteiger partial charge in [-0.2, -0.15) is 0 Å². The minimum absolute atomic E-state index is 0.136. The third-order valence-electron chi connectivity index (χ3n) is 3.76. The standard InChI is InChI=1S/C19H12O5/c20-17-15(18(21)22)13(11-7-3-1-4-8-11)14(16(17)19(23)24)12-9-5-2-6-10-12/h1-10H,(H,21,22)(H,23,24). The SMILES string of the molecule is O=C(O)C1=C(c2ccccc2)C(c2ccccc2)=C(C(=O)O)C1=O. The zero-order valence-electron chi connectivity index (χ0n) is 12.4. The van der Waals surface area contributed by atoms with Crippen LogP contribution in [0.1, 0.15) is 11.1 Å². The van der Waals surface area contributed by atoms with E-state index >= 15 is 0 Å². The van der Waals surface area contributed by atoms with E-state index in [4.69, 9.17) is 0 Å². The van der Waals surface area contributed by atoms with Crippen molar-refractivity contribution in [2.75, 3.05) is 0 Å². The fourth-order valence-electron chi connectivity index (χ4n) is 2.80. The quantitative estimate of drug-likeness (QED) is 0.845. The second-order valence-corrected chi connectivity index (χ2v) is 5.17. The van der Waals surface area contributed by atoms with Gasteiger partial charge >= 0.3 is 11.9 Å². The molecule has 5 heteroatoms. The van der Waals surface area contributed by atoms with Crippen molar-refractivity contribution in [1.29, 1.82) is 0 Å². The van der Waals surface area contributed by atoms with Crippen LogP contribution in [0.4, 0.5) is 0 Å². The summed E-state index contributed by atoms with van der Waals surface area (Å²) in [5.74, 6) is -3.86. The number of hydrogen-bond donors (Lipinski definition) is 2. The lowest BCUT2D eigenvalue weighted by atomic mass is 9.91. The Bertz CT molecular complexity index is 830. The molecular weight excluding hydrogens is 308 g/mol. The molecule has 0 spiro atoms. The molecule has 118 valence electrons. The number of ketones is 1. The zero-order valence-corrected chi connectivity index (χ0v) is 12.4. The van der Waals surface area contributed by atoms with Gasteiger partial charge in [0.25, 0.3) is 0 Å². The number of carbonyl (C=O) groups is 3. The van der Waals surface area contributed by atoms with Gasteiger partial charge in [0.2, 0.25) is 5.78 Å². The Labute approximate surface area is 137 Å². The van der Waals surface area contributed by atoms with Crippen molar-refractivity contribution in [3.8, 4) is 0 Å². The van der Waals surface area contributed by atoms with Gasteiger partial charge < -0.3 is 10.2 Å². The van der Waals surface area contributed by atoms with Crippen molar-refractivity contribution in [2.24, 2.45) is 0 Å². The van der Waals surface area contributed by atoms with Crippen LogP contribution in [-0.4, -0.2) is 27.9 Å². The Morgan fingerprint density at radius 1 is 0.625 bits per heavy atom. The Morgan fingerprint density at radius 3 is 1.25 bits per heavy atom. The molecule has 0 fully saturated rings. The van der Waals surface area contributed by atoms with E-state index in [-0.39, 0.29) is 11.1 Å². The number of carboxylic acids is 2. The zero-order chi connectivity index (χ0) is 17.3. The molecule has 5 nitrogen and oxygen atoms in total. The van der Waals surface area contributed by atoms with Gasteiger partial charge in [-0.3, -0.25) is 4.79 Å². The minimum atomic E-state index is -1.44. The molecule has 1 aliphatic carbocycles. The number of hydrogen-bond acceptors (Lipinski definition) is 3. The maximum atomic E-state index is 12.5. The number of carboxylic acid groups (broad SMARTS) is 2. The molecule has 0 amide bonds. The fraction of sp³-hybridized carbons (Fsp3) is 0. The molecular formula is C19H12O5. The Balaban J connectivity index is 2.39. The predicted octanol–water partition coefficient (Wildman–Crippen LogP) is 2.65. The number of rotatable bonds is 4. The highest BCUT2D eigenvalue weighted by molar-refractivity contribution is 6.47. The first-order valence-electron chi connectivity index (χ1n) is 7.13. The van der Waals surface area contributed by atoms with Gasteiger partial charge in [-0.15, -0.1) is 0 Å². The Morgan fingerprint density at radius 2 is 0.958 bits per heavy atom. The number of allylic oxidation sites excluding steroid dienone is 2. The molecule has 3 rings (SSSR count). The second-order valence-electron chi connectivity index (χ2n) is 5.17. The molecule has 0 radical (unpaired) electrons. The van der Waals surface area contributed by atoms with Crippen LogP contribution in [0.3, 0.4) is 0 Å². The topological polar surface area (TPSA) is 91.7 Å². The van der Waals surface area contributed by atoms with Crippen LogP contribution in [0, 0.1) is 0 Å². The first-order chi connectivity index (χ1) is 11.5. The number of carbonyl (C=O) groups excluding carboxylic acids is 1. The van der Waals surface area contributed by atoms with Gasteiger partial charge in [0.15, 0.2) is 0 Å². The van der Waals surface area contributed by atoms with Crippen molar-refractivity contribution >= 4 is 28.9 Å². The summed E-state index contributed by atoms with van der Waals surface area (Å²) >= 11 is 0. The van der Waals surface area contributed by atoms with E-state index in [1.54, 1.807) is 60.7 Å². The monoisotopic (exact) mass is 320 g/mol. The molecule has 0 saturated heterocycles. The van der Waals surface area contributed by atoms with E-state index < -0.39 is 28.9 Å². The second kappa shape index (κ2) is 5.96. The highest BCUT2D eigenvalue weighted by Crippen LogP contribution is 2.42. The lowest BCUT2D eigenvalue weighted by Crippen LogP contribution is -2.16. The van der Waals surface area contributed by atoms with E-state index in [0.717, 1.165) is 0 Å². The molecule has 0 unspecified atom stereocenters. The van der Waals surface area contributed by atoms with Gasteiger partial charge in [-0.05, 0) is 11.1 Å². The first-order valence-corrected chi connectivity index (χ1v) is 7.13. The lowest BCUT2D eigenvalue weighted by molar-refractivity contribution is -0.135. The number of benzene rings is 2. The molecule has 2 N–H and O–H groups in total. The van der Waals surface area contributed by atoms with E-state index in [0.29, 0.717) is 11.1 Å². The summed E-state index contributed by atoms with van der Waals surface area (Å²) in [5.41, 5.74) is 0.208. The van der Waals surface area contributed by atoms with Crippen LogP contribution in [0.25, 0.3) is 11.1 Å². The molecule has 2 aromatic rings. The molecule has 2 aromatic carbocycles. The van der Waals surface area contributed by atoms with Crippen LogP contribution >= 0.6 is 0 Å². The van der Waals surface area contributed by atoms with E-state index in [2.05, 4.69) is 0 Å². The largest absolute Gasteiger partial charge is 0.478 e. The molecule has 1 aliphatic rings. The Kier molecular flexibility index (Phi) is 3.83. The fourth-order valence-corrected chi connectivity index (χ4v) is 2.80. The summed E-state index contributed by atoms with van der Waals surface area (Å²) in [6.07, 6.45) is 0. The summed E-state index contributed by atoms with van der Waals surface area (Å²) in [4.78, 5) is 35.8. The molecule has 0 saturated carbocycles. The van der Waals surface area contributed by atoms with Gasteiger partial charge in [-0.25, -0.2) is 9.59 Å². The normalized spacial score (nSPS) is 14.2. The van der Waals surface area contributed by atoms with Gasteiger partial charge in [0, 0.05) is 11.1 Å². The molecule has 0 atom stereocenters. The molecule has 24 heavy (non-hydrogen) atoms. The van der Waals surface area contributed by atoms with E-state index in [9.17, 15) is 24.6 Å². The number of aliphatic carboxylic acids is 2. The summed E-state index contributed by atoms with van der Waals surface area (Å²) in [6, 6.07) is 16.9. The summed E-state index contributed by atoms with van der Waals surface area (Å²) in [7, 11) is 0. The lowest BCUT2D eigenvalue weighted by Gasteiger charge is -2.11. The highest BCUT2D eigenvalue weighted by atomic mass is 16.4. The van der Waals surface area contributed by atoms with Gasteiger partial charge in [0.05, 0.1) is 0 Å². The van der Waals surface area contributed by atoms with Crippen molar-refractivity contribution in [2.45, 2.75) is 0 Å². The summed E-state index contributed by atoms with van der Waals surface area (Å²) < 4.78 is 0. The van der Waals surface area contributed by atoms with Crippen LogP contribution in [0.5, 0.6) is 0 Å². The van der Waals surface area contributed by atoms with Crippen molar-refractivity contribution in [3.05, 3.63) is 82.9 Å². The predicted molar refractivity (Wildman–Crippen MR) is 87.0 cm³/mol. The maximum absolute atomic E-state index is 12.5. The third kappa shape index (κ3) is 2.42. The van der Waals surface area contributed by atoms with Crippen molar-refractivity contribution < 1.29 is 24.6 Å². The third-order valence-corrected chi connectivity index (χ3v) is 3.76. The molecule has 0 bridgehead atoms. The van der Waals surface area contributed by atoms with Gasteiger partial charge in [-0.1, -0.05) is 60.7 Å². The highest BCUT2D eigenvalue weighted by Gasteiger charge is 2.40. The van der Waals surface area contributed by atoms with E-state index in [1.807, 2.05) is 0 Å². The van der Waals surface area contributed by atoms with Crippen LogP contribution in [-0.2, 0) is 14.4 Å². The molecule has 0 aromatic heterocycles. The summed E-state index contributed by atoms with van der Waals surface area (Å²) in [6.45, 7) is 0. The first kappa shape index (κ1) is 15.4. The maximum Gasteiger partial charge on any atom is 0.340 e. The van der Waals surface area contributed by atoms with Crippen LogP contribution < -0.4 is 0 Å².